The van der Waals surface area contributed by atoms with E-state index in [1.165, 1.54) is 6.07 Å². The molecule has 1 aromatic carbocycles. The molecule has 0 bridgehead atoms. The van der Waals surface area contributed by atoms with Gasteiger partial charge in [-0.2, -0.15) is 8.78 Å². The highest BCUT2D eigenvalue weighted by Crippen LogP contribution is 2.30. The summed E-state index contributed by atoms with van der Waals surface area (Å²) in [4.78, 5) is 4.17. The fraction of sp³-hybridized carbons (Fsp3) is 0.562. The van der Waals surface area contributed by atoms with Crippen LogP contribution in [0.25, 0.3) is 0 Å². The topological polar surface area (TPSA) is 54.9 Å². The van der Waals surface area contributed by atoms with E-state index in [9.17, 15) is 8.78 Å². The normalized spacial score (nSPS) is 19.5. The van der Waals surface area contributed by atoms with Crippen LogP contribution >= 0.6 is 24.0 Å². The minimum Gasteiger partial charge on any atom is -0.490 e. The lowest BCUT2D eigenvalue weighted by Gasteiger charge is -2.14. The second kappa shape index (κ2) is 9.85. The lowest BCUT2D eigenvalue weighted by atomic mass is 10.2. The minimum absolute atomic E-state index is 0. The van der Waals surface area contributed by atoms with E-state index in [1.807, 2.05) is 0 Å². The van der Waals surface area contributed by atoms with Crippen molar-refractivity contribution in [1.29, 1.82) is 0 Å². The Hall–Kier alpha value is -1.32. The van der Waals surface area contributed by atoms with Gasteiger partial charge >= 0.3 is 6.61 Å². The first kappa shape index (κ1) is 20.7. The molecule has 2 N–H and O–H groups in total. The number of aliphatic imine (C=N–C) groups is 1. The first-order chi connectivity index (χ1) is 11.0. The summed E-state index contributed by atoms with van der Waals surface area (Å²) < 4.78 is 34.6. The van der Waals surface area contributed by atoms with Crippen molar-refractivity contribution in [3.8, 4) is 11.5 Å². The fourth-order valence-corrected chi connectivity index (χ4v) is 2.20. The summed E-state index contributed by atoms with van der Waals surface area (Å²) >= 11 is 0. The van der Waals surface area contributed by atoms with Crippen LogP contribution in [0.3, 0.4) is 0 Å². The molecule has 0 spiro atoms. The summed E-state index contributed by atoms with van der Waals surface area (Å²) in [5.41, 5.74) is 0.891. The van der Waals surface area contributed by atoms with Crippen molar-refractivity contribution in [1.82, 2.24) is 10.6 Å². The van der Waals surface area contributed by atoms with E-state index < -0.39 is 6.61 Å². The Morgan fingerprint density at radius 1 is 1.38 bits per heavy atom. The largest absolute Gasteiger partial charge is 0.490 e. The molecule has 1 aliphatic carbocycles. The maximum Gasteiger partial charge on any atom is 0.387 e. The summed E-state index contributed by atoms with van der Waals surface area (Å²) in [6, 6.07) is 5.39. The van der Waals surface area contributed by atoms with Gasteiger partial charge in [0.1, 0.15) is 0 Å². The molecule has 136 valence electrons. The van der Waals surface area contributed by atoms with E-state index in [4.69, 9.17) is 4.74 Å². The Bertz CT molecular complexity index is 558. The third-order valence-electron chi connectivity index (χ3n) is 3.64. The number of benzene rings is 1. The molecule has 2 unspecified atom stereocenters. The Balaban J connectivity index is 0.00000288. The highest BCUT2D eigenvalue weighted by atomic mass is 127. The van der Waals surface area contributed by atoms with Gasteiger partial charge in [-0.1, -0.05) is 13.0 Å². The Kier molecular flexibility index (Phi) is 8.51. The number of ether oxygens (including phenoxy) is 2. The molecule has 5 nitrogen and oxygen atoms in total. The standard InChI is InChI=1S/C16H23F2N3O2.HI/c1-4-22-14-8-11(5-6-13(14)23-15(17)18)9-20-16(19-3)21-12-7-10(12)2;/h5-6,8,10,12,15H,4,7,9H2,1-3H3,(H2,19,20,21);1H. The van der Waals surface area contributed by atoms with Crippen molar-refractivity contribution in [2.75, 3.05) is 13.7 Å². The van der Waals surface area contributed by atoms with Crippen LogP contribution in [0.1, 0.15) is 25.8 Å². The van der Waals surface area contributed by atoms with E-state index in [0.717, 1.165) is 17.9 Å². The highest BCUT2D eigenvalue weighted by Gasteiger charge is 2.33. The lowest BCUT2D eigenvalue weighted by molar-refractivity contribution is -0.0514. The Morgan fingerprint density at radius 3 is 2.62 bits per heavy atom. The maximum atomic E-state index is 12.4. The highest BCUT2D eigenvalue weighted by molar-refractivity contribution is 14.0. The molecule has 2 atom stereocenters. The third-order valence-corrected chi connectivity index (χ3v) is 3.64. The van der Waals surface area contributed by atoms with Crippen LogP contribution in [0.4, 0.5) is 8.78 Å². The van der Waals surface area contributed by atoms with Gasteiger partial charge in [-0.3, -0.25) is 4.99 Å². The molecule has 0 heterocycles. The monoisotopic (exact) mass is 455 g/mol. The second-order valence-corrected chi connectivity index (χ2v) is 5.48. The molecule has 1 fully saturated rings. The predicted molar refractivity (Wildman–Crippen MR) is 101 cm³/mol. The molecular weight excluding hydrogens is 431 g/mol. The average molecular weight is 455 g/mol. The average Bonchev–Trinajstić information content (AvgIpc) is 3.20. The first-order valence-electron chi connectivity index (χ1n) is 7.71. The molecule has 8 heteroatoms. The van der Waals surface area contributed by atoms with Crippen molar-refractivity contribution in [3.05, 3.63) is 23.8 Å². The number of hydrogen-bond donors (Lipinski definition) is 2. The molecule has 0 radical (unpaired) electrons. The zero-order chi connectivity index (χ0) is 16.8. The van der Waals surface area contributed by atoms with E-state index in [0.29, 0.717) is 30.9 Å². The maximum absolute atomic E-state index is 12.4. The number of rotatable bonds is 7. The summed E-state index contributed by atoms with van der Waals surface area (Å²) in [7, 11) is 1.72. The number of alkyl halides is 2. The third kappa shape index (κ3) is 6.29. The van der Waals surface area contributed by atoms with Gasteiger partial charge in [0, 0.05) is 19.6 Å². The number of nitrogens with one attached hydrogen (secondary N) is 2. The van der Waals surface area contributed by atoms with E-state index in [-0.39, 0.29) is 29.7 Å². The van der Waals surface area contributed by atoms with Gasteiger partial charge in [-0.25, -0.2) is 0 Å². The number of guanidine groups is 1. The number of nitrogens with zero attached hydrogens (tertiary/aromatic N) is 1. The number of hydrogen-bond acceptors (Lipinski definition) is 3. The van der Waals surface area contributed by atoms with Crippen LogP contribution in [0.5, 0.6) is 11.5 Å². The Morgan fingerprint density at radius 2 is 2.08 bits per heavy atom. The van der Waals surface area contributed by atoms with Crippen molar-refractivity contribution in [2.24, 2.45) is 10.9 Å². The van der Waals surface area contributed by atoms with Crippen LogP contribution in [-0.4, -0.2) is 32.3 Å². The smallest absolute Gasteiger partial charge is 0.387 e. The number of halogens is 3. The molecule has 2 rings (SSSR count). The summed E-state index contributed by atoms with van der Waals surface area (Å²) in [5.74, 6) is 1.75. The molecule has 0 amide bonds. The second-order valence-electron chi connectivity index (χ2n) is 5.48. The van der Waals surface area contributed by atoms with Gasteiger partial charge in [0.2, 0.25) is 0 Å². The zero-order valence-corrected chi connectivity index (χ0v) is 16.3. The van der Waals surface area contributed by atoms with E-state index in [1.54, 1.807) is 26.1 Å². The molecular formula is C16H24F2IN3O2. The summed E-state index contributed by atoms with van der Waals surface area (Å²) in [5, 5.41) is 6.52. The molecule has 24 heavy (non-hydrogen) atoms. The molecule has 0 aliphatic heterocycles. The Labute approximate surface area is 158 Å². The fourth-order valence-electron chi connectivity index (χ4n) is 2.20. The molecule has 1 saturated carbocycles. The van der Waals surface area contributed by atoms with Crippen molar-refractivity contribution in [2.45, 2.75) is 39.5 Å². The SMILES string of the molecule is CCOc1cc(CNC(=NC)NC2CC2C)ccc1OC(F)F.I. The van der Waals surface area contributed by atoms with Gasteiger partial charge in [0.25, 0.3) is 0 Å². The van der Waals surface area contributed by atoms with Crippen LogP contribution in [0, 0.1) is 5.92 Å². The van der Waals surface area contributed by atoms with Crippen molar-refractivity contribution < 1.29 is 18.3 Å². The minimum atomic E-state index is -2.87. The van der Waals surface area contributed by atoms with Gasteiger partial charge in [0.05, 0.1) is 6.61 Å². The van der Waals surface area contributed by atoms with Gasteiger partial charge in [-0.05, 0) is 37.0 Å². The van der Waals surface area contributed by atoms with E-state index >= 15 is 0 Å². The van der Waals surface area contributed by atoms with Crippen molar-refractivity contribution in [3.63, 3.8) is 0 Å². The van der Waals surface area contributed by atoms with Crippen LogP contribution in [0.15, 0.2) is 23.2 Å². The van der Waals surface area contributed by atoms with Crippen molar-refractivity contribution >= 4 is 29.9 Å². The zero-order valence-electron chi connectivity index (χ0n) is 14.0. The van der Waals surface area contributed by atoms with E-state index in [2.05, 4.69) is 27.3 Å². The van der Waals surface area contributed by atoms with Gasteiger partial charge in [-0.15, -0.1) is 24.0 Å². The summed E-state index contributed by atoms with van der Waals surface area (Å²) in [6.45, 7) is 1.98. The lowest BCUT2D eigenvalue weighted by Crippen LogP contribution is -2.38. The summed E-state index contributed by atoms with van der Waals surface area (Å²) in [6.07, 6.45) is 1.15. The van der Waals surface area contributed by atoms with Crippen LogP contribution < -0.4 is 20.1 Å². The molecule has 1 aliphatic rings. The quantitative estimate of drug-likeness (QED) is 0.376. The predicted octanol–water partition coefficient (Wildman–Crippen LogP) is 3.38. The van der Waals surface area contributed by atoms with Crippen LogP contribution in [-0.2, 0) is 6.54 Å². The van der Waals surface area contributed by atoms with Gasteiger partial charge < -0.3 is 20.1 Å². The molecule has 0 saturated heterocycles. The first-order valence-corrected chi connectivity index (χ1v) is 7.71. The van der Waals surface area contributed by atoms with Gasteiger partial charge in [0.15, 0.2) is 17.5 Å². The molecule has 0 aromatic heterocycles. The van der Waals surface area contributed by atoms with Crippen LogP contribution in [0.2, 0.25) is 0 Å². The molecule has 1 aromatic rings.